The van der Waals surface area contributed by atoms with Gasteiger partial charge >= 0.3 is 0 Å². The van der Waals surface area contributed by atoms with E-state index < -0.39 is 0 Å². The Labute approximate surface area is 85.2 Å². The highest BCUT2D eigenvalue weighted by Gasteiger charge is 2.18. The molecule has 1 unspecified atom stereocenters. The average molecular weight is 197 g/mol. The van der Waals surface area contributed by atoms with E-state index in [9.17, 15) is 4.79 Å². The number of hydrogen-bond acceptors (Lipinski definition) is 2. The normalized spacial score (nSPS) is 18.4. The summed E-state index contributed by atoms with van der Waals surface area (Å²) in [6.45, 7) is 2.90. The van der Waals surface area contributed by atoms with Gasteiger partial charge in [0.25, 0.3) is 0 Å². The number of hydrogen-bond donors (Lipinski definition) is 2. The van der Waals surface area contributed by atoms with Gasteiger partial charge in [-0.3, -0.25) is 4.79 Å². The molecule has 0 aromatic rings. The highest BCUT2D eigenvalue weighted by Crippen LogP contribution is 2.17. The van der Waals surface area contributed by atoms with E-state index in [0.29, 0.717) is 12.5 Å². The topological polar surface area (TPSA) is 49.3 Å². The maximum atomic E-state index is 11.5. The molecule has 0 saturated carbocycles. The first kappa shape index (κ1) is 11.2. The maximum Gasteiger partial charge on any atom is 0.223 e. The number of aliphatic hydroxyl groups excluding tert-OH is 1. The Hall–Kier alpha value is -0.830. The predicted molar refractivity (Wildman–Crippen MR) is 55.7 cm³/mol. The number of rotatable bonds is 5. The molecule has 1 aliphatic rings. The van der Waals surface area contributed by atoms with Crippen LogP contribution in [0.3, 0.4) is 0 Å². The molecule has 2 N–H and O–H groups in total. The number of carbonyl (C=O) groups excluding carboxylic acids is 1. The zero-order chi connectivity index (χ0) is 10.4. The van der Waals surface area contributed by atoms with Gasteiger partial charge in [-0.05, 0) is 25.2 Å². The van der Waals surface area contributed by atoms with Crippen LogP contribution in [0.5, 0.6) is 0 Å². The Balaban J connectivity index is 2.14. The lowest BCUT2D eigenvalue weighted by atomic mass is 10.1. The van der Waals surface area contributed by atoms with Gasteiger partial charge in [-0.15, -0.1) is 0 Å². The molecule has 0 saturated heterocycles. The third-order valence-corrected chi connectivity index (χ3v) is 2.63. The molecule has 0 fully saturated rings. The first-order chi connectivity index (χ1) is 6.74. The van der Waals surface area contributed by atoms with Crippen molar-refractivity contribution in [1.29, 1.82) is 0 Å². The minimum Gasteiger partial charge on any atom is -0.396 e. The van der Waals surface area contributed by atoms with Crippen molar-refractivity contribution in [1.82, 2.24) is 5.32 Å². The van der Waals surface area contributed by atoms with Crippen molar-refractivity contribution < 1.29 is 9.90 Å². The van der Waals surface area contributed by atoms with E-state index in [2.05, 4.69) is 17.5 Å². The molecular formula is C11H19NO2. The molecule has 14 heavy (non-hydrogen) atoms. The molecule has 80 valence electrons. The minimum atomic E-state index is 0.149. The number of amides is 1. The Bertz CT molecular complexity index is 205. The van der Waals surface area contributed by atoms with Crippen LogP contribution < -0.4 is 5.32 Å². The van der Waals surface area contributed by atoms with Crippen molar-refractivity contribution in [3.63, 3.8) is 0 Å². The van der Waals surface area contributed by atoms with Crippen LogP contribution in [0.15, 0.2) is 12.2 Å². The summed E-state index contributed by atoms with van der Waals surface area (Å²) in [4.78, 5) is 11.5. The smallest absolute Gasteiger partial charge is 0.223 e. The zero-order valence-electron chi connectivity index (χ0n) is 8.70. The molecular weight excluding hydrogens is 178 g/mol. The van der Waals surface area contributed by atoms with Crippen LogP contribution in [0.4, 0.5) is 0 Å². The summed E-state index contributed by atoms with van der Waals surface area (Å²) >= 11 is 0. The molecule has 0 bridgehead atoms. The number of carbonyl (C=O) groups is 1. The molecule has 3 heteroatoms. The quantitative estimate of drug-likeness (QED) is 0.648. The van der Waals surface area contributed by atoms with Crippen molar-refractivity contribution in [2.45, 2.75) is 26.2 Å². The third-order valence-electron chi connectivity index (χ3n) is 2.63. The lowest BCUT2D eigenvalue weighted by Gasteiger charge is -2.14. The van der Waals surface area contributed by atoms with E-state index in [1.54, 1.807) is 0 Å². The van der Waals surface area contributed by atoms with E-state index in [-0.39, 0.29) is 18.4 Å². The monoisotopic (exact) mass is 197 g/mol. The van der Waals surface area contributed by atoms with Gasteiger partial charge in [-0.25, -0.2) is 0 Å². The fraction of sp³-hybridized carbons (Fsp3) is 0.727. The van der Waals surface area contributed by atoms with Crippen molar-refractivity contribution in [2.24, 2.45) is 11.8 Å². The number of allylic oxidation sites excluding steroid dienone is 2. The second kappa shape index (κ2) is 5.81. The molecule has 0 aromatic heterocycles. The second-order valence-corrected chi connectivity index (χ2v) is 4.00. The fourth-order valence-electron chi connectivity index (χ4n) is 1.57. The molecule has 1 rings (SSSR count). The van der Waals surface area contributed by atoms with Gasteiger partial charge in [0.05, 0.1) is 0 Å². The van der Waals surface area contributed by atoms with Crippen molar-refractivity contribution >= 4 is 5.91 Å². The SMILES string of the molecule is CC(CCO)CNC(=O)C1CC=CC1. The molecule has 0 spiro atoms. The van der Waals surface area contributed by atoms with Crippen LogP contribution in [0.25, 0.3) is 0 Å². The van der Waals surface area contributed by atoms with Crippen LogP contribution in [0, 0.1) is 11.8 Å². The largest absolute Gasteiger partial charge is 0.396 e. The van der Waals surface area contributed by atoms with E-state index in [0.717, 1.165) is 19.3 Å². The first-order valence-electron chi connectivity index (χ1n) is 5.27. The number of nitrogens with one attached hydrogen (secondary N) is 1. The van der Waals surface area contributed by atoms with E-state index in [1.165, 1.54) is 0 Å². The van der Waals surface area contributed by atoms with Gasteiger partial charge in [0.15, 0.2) is 0 Å². The predicted octanol–water partition coefficient (Wildman–Crippen LogP) is 1.09. The number of aliphatic hydroxyl groups is 1. The van der Waals surface area contributed by atoms with Gasteiger partial charge in [-0.1, -0.05) is 19.1 Å². The van der Waals surface area contributed by atoms with Crippen molar-refractivity contribution in [3.8, 4) is 0 Å². The van der Waals surface area contributed by atoms with E-state index in [1.807, 2.05) is 6.92 Å². The van der Waals surface area contributed by atoms with Gasteiger partial charge < -0.3 is 10.4 Å². The van der Waals surface area contributed by atoms with Gasteiger partial charge in [0, 0.05) is 19.1 Å². The lowest BCUT2D eigenvalue weighted by Crippen LogP contribution is -2.33. The maximum absolute atomic E-state index is 11.5. The highest BCUT2D eigenvalue weighted by molar-refractivity contribution is 5.79. The average Bonchev–Trinajstić information content (AvgIpc) is 2.67. The van der Waals surface area contributed by atoms with Gasteiger partial charge in [0.2, 0.25) is 5.91 Å². The Morgan fingerprint density at radius 2 is 2.21 bits per heavy atom. The molecule has 1 atom stereocenters. The van der Waals surface area contributed by atoms with Crippen LogP contribution in [-0.4, -0.2) is 24.2 Å². The highest BCUT2D eigenvalue weighted by atomic mass is 16.3. The van der Waals surface area contributed by atoms with Gasteiger partial charge in [-0.2, -0.15) is 0 Å². The first-order valence-corrected chi connectivity index (χ1v) is 5.27. The molecule has 0 aliphatic heterocycles. The molecule has 3 nitrogen and oxygen atoms in total. The van der Waals surface area contributed by atoms with Crippen LogP contribution >= 0.6 is 0 Å². The summed E-state index contributed by atoms with van der Waals surface area (Å²) < 4.78 is 0. The zero-order valence-corrected chi connectivity index (χ0v) is 8.70. The summed E-state index contributed by atoms with van der Waals surface area (Å²) in [5.74, 6) is 0.662. The van der Waals surface area contributed by atoms with Crippen LogP contribution in [0.1, 0.15) is 26.2 Å². The summed E-state index contributed by atoms with van der Waals surface area (Å²) in [5, 5.41) is 11.6. The second-order valence-electron chi connectivity index (χ2n) is 4.00. The summed E-state index contributed by atoms with van der Waals surface area (Å²) in [6.07, 6.45) is 6.62. The minimum absolute atomic E-state index is 0.149. The van der Waals surface area contributed by atoms with Crippen molar-refractivity contribution in [2.75, 3.05) is 13.2 Å². The fourth-order valence-corrected chi connectivity index (χ4v) is 1.57. The Kier molecular flexibility index (Phi) is 4.66. The standard InChI is InChI=1S/C11H19NO2/c1-9(6-7-13)8-12-11(14)10-4-2-3-5-10/h2-3,9-10,13H,4-8H2,1H3,(H,12,14). The molecule has 0 aromatic carbocycles. The lowest BCUT2D eigenvalue weighted by molar-refractivity contribution is -0.124. The molecule has 1 aliphatic carbocycles. The van der Waals surface area contributed by atoms with Gasteiger partial charge in [0.1, 0.15) is 0 Å². The van der Waals surface area contributed by atoms with E-state index >= 15 is 0 Å². The molecule has 1 amide bonds. The molecule has 0 heterocycles. The summed E-state index contributed by atoms with van der Waals surface area (Å²) in [7, 11) is 0. The van der Waals surface area contributed by atoms with E-state index in [4.69, 9.17) is 5.11 Å². The van der Waals surface area contributed by atoms with Crippen molar-refractivity contribution in [3.05, 3.63) is 12.2 Å². The third kappa shape index (κ3) is 3.50. The van der Waals surface area contributed by atoms with Crippen LogP contribution in [0.2, 0.25) is 0 Å². The van der Waals surface area contributed by atoms with Crippen LogP contribution in [-0.2, 0) is 4.79 Å². The molecule has 0 radical (unpaired) electrons. The Morgan fingerprint density at radius 1 is 1.57 bits per heavy atom. The Morgan fingerprint density at radius 3 is 2.79 bits per heavy atom. The summed E-state index contributed by atoms with van der Waals surface area (Å²) in [5.41, 5.74) is 0. The summed E-state index contributed by atoms with van der Waals surface area (Å²) in [6, 6.07) is 0.